The fraction of sp³-hybridized carbons (Fsp3) is 0.231. The van der Waals surface area contributed by atoms with Gasteiger partial charge in [0, 0.05) is 11.5 Å². The molecule has 0 spiro atoms. The van der Waals surface area contributed by atoms with Crippen LogP contribution >= 0.6 is 15.9 Å². The third kappa shape index (κ3) is 1.83. The molecule has 1 aromatic carbocycles. The first-order chi connectivity index (χ1) is 8.97. The summed E-state index contributed by atoms with van der Waals surface area (Å²) in [5.74, 6) is 0.476. The Morgan fingerprint density at radius 3 is 2.63 bits per heavy atom. The molecule has 0 unspecified atom stereocenters. The van der Waals surface area contributed by atoms with Crippen LogP contribution in [0.2, 0.25) is 0 Å². The van der Waals surface area contributed by atoms with Gasteiger partial charge in [-0.3, -0.25) is 4.57 Å². The summed E-state index contributed by atoms with van der Waals surface area (Å²) in [4.78, 5) is 4.41. The summed E-state index contributed by atoms with van der Waals surface area (Å²) in [6.45, 7) is 3.98. The molecule has 98 valence electrons. The van der Waals surface area contributed by atoms with Gasteiger partial charge in [0.2, 0.25) is 5.95 Å². The van der Waals surface area contributed by atoms with Crippen LogP contribution in [0.25, 0.3) is 16.9 Å². The summed E-state index contributed by atoms with van der Waals surface area (Å²) in [6.07, 6.45) is 0. The van der Waals surface area contributed by atoms with Crippen LogP contribution < -0.4 is 5.73 Å². The number of rotatable bonds is 1. The topological polar surface area (TPSA) is 61.7 Å². The highest BCUT2D eigenvalue weighted by Gasteiger charge is 2.17. The van der Waals surface area contributed by atoms with Crippen molar-refractivity contribution in [2.24, 2.45) is 7.05 Å². The number of anilines is 1. The number of hydrogen-bond acceptors (Lipinski definition) is 3. The van der Waals surface area contributed by atoms with E-state index >= 15 is 0 Å². The van der Waals surface area contributed by atoms with Crippen LogP contribution in [0.15, 0.2) is 22.7 Å². The zero-order valence-electron chi connectivity index (χ0n) is 11.0. The Kier molecular flexibility index (Phi) is 2.63. The lowest BCUT2D eigenvalue weighted by Crippen LogP contribution is -2.05. The zero-order valence-corrected chi connectivity index (χ0v) is 12.6. The van der Waals surface area contributed by atoms with E-state index in [0.717, 1.165) is 32.6 Å². The average molecular weight is 320 g/mol. The molecule has 2 aromatic heterocycles. The van der Waals surface area contributed by atoms with E-state index in [2.05, 4.69) is 38.1 Å². The highest BCUT2D eigenvalue weighted by Crippen LogP contribution is 2.27. The minimum atomic E-state index is 0.476. The molecule has 19 heavy (non-hydrogen) atoms. The molecular weight excluding hydrogens is 306 g/mol. The monoisotopic (exact) mass is 319 g/mol. The van der Waals surface area contributed by atoms with E-state index in [0.29, 0.717) is 5.95 Å². The smallest absolute Gasteiger partial charge is 0.207 e. The minimum absolute atomic E-state index is 0.476. The van der Waals surface area contributed by atoms with E-state index in [9.17, 15) is 0 Å². The fourth-order valence-electron chi connectivity index (χ4n) is 2.39. The fourth-order valence-corrected chi connectivity index (χ4v) is 2.99. The van der Waals surface area contributed by atoms with Crippen molar-refractivity contribution in [3.8, 4) is 5.69 Å². The van der Waals surface area contributed by atoms with Crippen molar-refractivity contribution in [2.45, 2.75) is 13.8 Å². The Morgan fingerprint density at radius 2 is 1.95 bits per heavy atom. The molecule has 6 heteroatoms. The Labute approximate surface area is 119 Å². The Balaban J connectivity index is 2.38. The van der Waals surface area contributed by atoms with Gasteiger partial charge >= 0.3 is 0 Å². The highest BCUT2D eigenvalue weighted by molar-refractivity contribution is 9.10. The summed E-state index contributed by atoms with van der Waals surface area (Å²) in [7, 11) is 1.90. The number of aromatic nitrogens is 4. The SMILES string of the molecule is Cc1cc(Br)cc(-n2c(N)nc3c(C)nn(C)c32)c1. The third-order valence-corrected chi connectivity index (χ3v) is 3.57. The number of fused-ring (bicyclic) bond motifs is 1. The van der Waals surface area contributed by atoms with Gasteiger partial charge in [0.15, 0.2) is 5.65 Å². The van der Waals surface area contributed by atoms with Crippen LogP contribution in [-0.2, 0) is 7.05 Å². The number of nitrogen functional groups attached to an aromatic ring is 1. The second kappa shape index (κ2) is 4.09. The number of aryl methyl sites for hydroxylation is 3. The third-order valence-electron chi connectivity index (χ3n) is 3.11. The van der Waals surface area contributed by atoms with Gasteiger partial charge in [-0.2, -0.15) is 5.10 Å². The van der Waals surface area contributed by atoms with Gasteiger partial charge in [-0.25, -0.2) is 9.67 Å². The molecule has 0 radical (unpaired) electrons. The predicted octanol–water partition coefficient (Wildman–Crippen LogP) is 2.72. The van der Waals surface area contributed by atoms with Crippen LogP contribution in [0, 0.1) is 13.8 Å². The zero-order chi connectivity index (χ0) is 13.7. The first-order valence-corrected chi connectivity index (χ1v) is 6.72. The van der Waals surface area contributed by atoms with Gasteiger partial charge in [0.25, 0.3) is 0 Å². The Morgan fingerprint density at radius 1 is 1.21 bits per heavy atom. The van der Waals surface area contributed by atoms with Crippen molar-refractivity contribution in [3.05, 3.63) is 33.9 Å². The maximum absolute atomic E-state index is 6.06. The van der Waals surface area contributed by atoms with E-state index in [1.807, 2.05) is 36.2 Å². The van der Waals surface area contributed by atoms with Crippen molar-refractivity contribution in [2.75, 3.05) is 5.73 Å². The van der Waals surface area contributed by atoms with Crippen molar-refractivity contribution in [3.63, 3.8) is 0 Å². The van der Waals surface area contributed by atoms with Crippen LogP contribution in [0.3, 0.4) is 0 Å². The summed E-state index contributed by atoms with van der Waals surface area (Å²) in [5, 5.41) is 4.39. The van der Waals surface area contributed by atoms with E-state index in [-0.39, 0.29) is 0 Å². The standard InChI is InChI=1S/C13H14BrN5/c1-7-4-9(14)6-10(5-7)19-12-11(16-13(19)15)8(2)17-18(12)3/h4-6H,1-3H3,(H2,15,16). The van der Waals surface area contributed by atoms with Gasteiger partial charge in [-0.15, -0.1) is 0 Å². The number of benzene rings is 1. The van der Waals surface area contributed by atoms with Crippen LogP contribution in [-0.4, -0.2) is 19.3 Å². The first-order valence-electron chi connectivity index (χ1n) is 5.92. The molecule has 2 heterocycles. The first kappa shape index (κ1) is 12.2. The second-order valence-corrected chi connectivity index (χ2v) is 5.59. The minimum Gasteiger partial charge on any atom is -0.369 e. The van der Waals surface area contributed by atoms with Gasteiger partial charge in [-0.05, 0) is 37.6 Å². The lowest BCUT2D eigenvalue weighted by Gasteiger charge is -2.08. The van der Waals surface area contributed by atoms with E-state index in [1.54, 1.807) is 0 Å². The largest absolute Gasteiger partial charge is 0.369 e. The van der Waals surface area contributed by atoms with E-state index in [4.69, 9.17) is 5.73 Å². The molecule has 0 aliphatic carbocycles. The van der Waals surface area contributed by atoms with Crippen molar-refractivity contribution in [1.82, 2.24) is 19.3 Å². The molecule has 3 rings (SSSR count). The molecule has 0 saturated carbocycles. The molecule has 0 bridgehead atoms. The van der Waals surface area contributed by atoms with Crippen molar-refractivity contribution < 1.29 is 0 Å². The number of hydrogen-bond donors (Lipinski definition) is 1. The maximum atomic E-state index is 6.06. The lowest BCUT2D eigenvalue weighted by atomic mass is 10.2. The molecular formula is C13H14BrN5. The molecule has 3 aromatic rings. The quantitative estimate of drug-likeness (QED) is 0.750. The van der Waals surface area contributed by atoms with Crippen LogP contribution in [0.4, 0.5) is 5.95 Å². The Bertz CT molecular complexity index is 764. The molecule has 0 aliphatic rings. The van der Waals surface area contributed by atoms with Gasteiger partial charge in [0.05, 0.1) is 11.4 Å². The van der Waals surface area contributed by atoms with Crippen molar-refractivity contribution in [1.29, 1.82) is 0 Å². The summed E-state index contributed by atoms with van der Waals surface area (Å²) >= 11 is 3.51. The van der Waals surface area contributed by atoms with Gasteiger partial charge < -0.3 is 5.73 Å². The second-order valence-electron chi connectivity index (χ2n) is 4.67. The summed E-state index contributed by atoms with van der Waals surface area (Å²) < 4.78 is 4.75. The van der Waals surface area contributed by atoms with Gasteiger partial charge in [-0.1, -0.05) is 15.9 Å². The number of imidazole rings is 1. The normalized spacial score (nSPS) is 11.4. The number of halogens is 1. The summed E-state index contributed by atoms with van der Waals surface area (Å²) in [6, 6.07) is 6.15. The molecule has 2 N–H and O–H groups in total. The maximum Gasteiger partial charge on any atom is 0.207 e. The van der Waals surface area contributed by atoms with Crippen molar-refractivity contribution >= 4 is 33.0 Å². The number of nitrogens with zero attached hydrogens (tertiary/aromatic N) is 4. The average Bonchev–Trinajstić information content (AvgIpc) is 2.76. The molecule has 0 fully saturated rings. The molecule has 0 atom stereocenters. The van der Waals surface area contributed by atoms with Gasteiger partial charge in [0.1, 0.15) is 5.52 Å². The van der Waals surface area contributed by atoms with Crippen LogP contribution in [0.5, 0.6) is 0 Å². The van der Waals surface area contributed by atoms with Crippen LogP contribution in [0.1, 0.15) is 11.3 Å². The lowest BCUT2D eigenvalue weighted by molar-refractivity contribution is 0.762. The molecule has 0 amide bonds. The summed E-state index contributed by atoms with van der Waals surface area (Å²) in [5.41, 5.74) is 10.8. The molecule has 0 aliphatic heterocycles. The predicted molar refractivity (Wildman–Crippen MR) is 79.4 cm³/mol. The highest BCUT2D eigenvalue weighted by atomic mass is 79.9. The molecule has 0 saturated heterocycles. The molecule has 5 nitrogen and oxygen atoms in total. The van der Waals surface area contributed by atoms with E-state index in [1.165, 1.54) is 0 Å². The number of nitrogens with two attached hydrogens (primary N) is 1. The van der Waals surface area contributed by atoms with E-state index < -0.39 is 0 Å². The Hall–Kier alpha value is -1.82.